The highest BCUT2D eigenvalue weighted by Gasteiger charge is 2.24. The summed E-state index contributed by atoms with van der Waals surface area (Å²) < 4.78 is 16.0. The summed E-state index contributed by atoms with van der Waals surface area (Å²) in [7, 11) is 0. The predicted octanol–water partition coefficient (Wildman–Crippen LogP) is 3.03. The normalized spacial score (nSPS) is 13.2. The molecule has 0 spiro atoms. The van der Waals surface area contributed by atoms with E-state index < -0.39 is 5.97 Å². The van der Waals surface area contributed by atoms with E-state index in [0.29, 0.717) is 47.4 Å². The third-order valence-corrected chi connectivity index (χ3v) is 3.51. The van der Waals surface area contributed by atoms with E-state index in [1.165, 1.54) is 6.07 Å². The van der Waals surface area contributed by atoms with Gasteiger partial charge in [0.2, 0.25) is 5.76 Å². The summed E-state index contributed by atoms with van der Waals surface area (Å²) >= 11 is 6.30. The lowest BCUT2D eigenvalue weighted by molar-refractivity contribution is 0.0652. The average Bonchev–Trinajstić information content (AvgIpc) is 2.95. The molecule has 7 heteroatoms. The number of nitrogens with zero attached hydrogens (tertiary/aromatic N) is 1. The molecular weight excluding hydrogens is 298 g/mol. The van der Waals surface area contributed by atoms with Gasteiger partial charge in [-0.2, -0.15) is 0 Å². The van der Waals surface area contributed by atoms with Crippen molar-refractivity contribution >= 4 is 17.6 Å². The Balaban J connectivity index is 2.18. The molecule has 110 valence electrons. The van der Waals surface area contributed by atoms with Crippen molar-refractivity contribution < 1.29 is 23.9 Å². The van der Waals surface area contributed by atoms with Crippen LogP contribution in [0.4, 0.5) is 0 Å². The number of ether oxygens (including phenoxy) is 2. The van der Waals surface area contributed by atoms with Gasteiger partial charge in [0, 0.05) is 23.3 Å². The van der Waals surface area contributed by atoms with Crippen molar-refractivity contribution in [3.63, 3.8) is 0 Å². The molecule has 1 aromatic heterocycles. The molecule has 0 fully saturated rings. The van der Waals surface area contributed by atoms with Crippen molar-refractivity contribution in [2.24, 2.45) is 0 Å². The summed E-state index contributed by atoms with van der Waals surface area (Å²) in [5.74, 6) is -0.199. The molecule has 0 aliphatic carbocycles. The minimum atomic E-state index is -1.18. The Bertz CT molecular complexity index is 710. The van der Waals surface area contributed by atoms with Gasteiger partial charge < -0.3 is 19.1 Å². The first-order valence-corrected chi connectivity index (χ1v) is 6.81. The van der Waals surface area contributed by atoms with Gasteiger partial charge in [0.25, 0.3) is 0 Å². The van der Waals surface area contributed by atoms with E-state index in [4.69, 9.17) is 30.7 Å². The molecule has 0 saturated carbocycles. The number of carboxylic acids is 1. The fourth-order valence-corrected chi connectivity index (χ4v) is 2.64. The molecule has 2 aromatic rings. The van der Waals surface area contributed by atoms with Gasteiger partial charge in [-0.25, -0.2) is 4.79 Å². The van der Waals surface area contributed by atoms with Crippen LogP contribution in [-0.4, -0.2) is 29.4 Å². The van der Waals surface area contributed by atoms with Gasteiger partial charge in [0.05, 0.1) is 5.02 Å². The summed E-state index contributed by atoms with van der Waals surface area (Å²) in [6.45, 7) is 2.88. The molecule has 0 amide bonds. The van der Waals surface area contributed by atoms with Crippen LogP contribution in [0.2, 0.25) is 5.02 Å². The van der Waals surface area contributed by atoms with E-state index in [-0.39, 0.29) is 5.76 Å². The van der Waals surface area contributed by atoms with Crippen LogP contribution in [0.15, 0.2) is 16.7 Å². The zero-order valence-electron chi connectivity index (χ0n) is 11.2. The van der Waals surface area contributed by atoms with Crippen molar-refractivity contribution in [2.75, 3.05) is 13.2 Å². The van der Waals surface area contributed by atoms with Gasteiger partial charge in [-0.15, -0.1) is 0 Å². The van der Waals surface area contributed by atoms with Crippen LogP contribution in [0.25, 0.3) is 11.3 Å². The Kier molecular flexibility index (Phi) is 3.47. The van der Waals surface area contributed by atoms with Crippen LogP contribution in [0.5, 0.6) is 11.5 Å². The maximum atomic E-state index is 10.9. The zero-order valence-corrected chi connectivity index (χ0v) is 11.9. The van der Waals surface area contributed by atoms with Gasteiger partial charge in [-0.1, -0.05) is 23.7 Å². The zero-order chi connectivity index (χ0) is 15.0. The highest BCUT2D eigenvalue weighted by molar-refractivity contribution is 6.33. The smallest absolute Gasteiger partial charge is 0.374 e. The molecule has 21 heavy (non-hydrogen) atoms. The summed E-state index contributed by atoms with van der Waals surface area (Å²) in [6.07, 6.45) is 0.636. The molecule has 0 saturated heterocycles. The maximum Gasteiger partial charge on any atom is 0.374 e. The number of aromatic nitrogens is 1. The van der Waals surface area contributed by atoms with Crippen LogP contribution < -0.4 is 9.47 Å². The number of hydrogen-bond donors (Lipinski definition) is 1. The predicted molar refractivity (Wildman–Crippen MR) is 74.3 cm³/mol. The summed E-state index contributed by atoms with van der Waals surface area (Å²) in [6, 6.07) is 3.00. The van der Waals surface area contributed by atoms with Crippen LogP contribution in [0.3, 0.4) is 0 Å². The summed E-state index contributed by atoms with van der Waals surface area (Å²) in [4.78, 5) is 10.9. The van der Waals surface area contributed by atoms with Gasteiger partial charge in [-0.05, 0) is 6.42 Å². The fourth-order valence-electron chi connectivity index (χ4n) is 2.33. The number of fused-ring (bicyclic) bond motifs is 1. The lowest BCUT2D eigenvalue weighted by Gasteiger charge is -2.23. The topological polar surface area (TPSA) is 81.8 Å². The van der Waals surface area contributed by atoms with E-state index in [2.05, 4.69) is 5.16 Å². The van der Waals surface area contributed by atoms with Crippen molar-refractivity contribution in [1.82, 2.24) is 5.16 Å². The number of benzene rings is 1. The minimum Gasteiger partial charge on any atom is -0.486 e. The number of aromatic carboxylic acids is 1. The highest BCUT2D eigenvalue weighted by Crippen LogP contribution is 2.44. The number of rotatable bonds is 3. The van der Waals surface area contributed by atoms with Crippen molar-refractivity contribution in [3.05, 3.63) is 28.5 Å². The van der Waals surface area contributed by atoms with Gasteiger partial charge in [-0.3, -0.25) is 0 Å². The summed E-state index contributed by atoms with van der Waals surface area (Å²) in [5.41, 5.74) is 1.80. The highest BCUT2D eigenvalue weighted by atomic mass is 35.5. The Labute approximate surface area is 125 Å². The molecule has 2 heterocycles. The Morgan fingerprint density at radius 2 is 2.14 bits per heavy atom. The van der Waals surface area contributed by atoms with E-state index in [1.807, 2.05) is 6.92 Å². The first-order chi connectivity index (χ1) is 10.1. The first kappa shape index (κ1) is 13.8. The molecule has 0 atom stereocenters. The Hall–Kier alpha value is -2.21. The Morgan fingerprint density at radius 1 is 1.38 bits per heavy atom. The SMILES string of the molecule is CCc1c2c(cc(Cl)c1-c1cc(C(=O)O)on1)OCCO2. The van der Waals surface area contributed by atoms with E-state index in [1.54, 1.807) is 6.07 Å². The maximum absolute atomic E-state index is 10.9. The van der Waals surface area contributed by atoms with Crippen LogP contribution in [0, 0.1) is 0 Å². The molecule has 1 aliphatic heterocycles. The van der Waals surface area contributed by atoms with Crippen molar-refractivity contribution in [2.45, 2.75) is 13.3 Å². The molecule has 1 aromatic carbocycles. The van der Waals surface area contributed by atoms with E-state index >= 15 is 0 Å². The summed E-state index contributed by atoms with van der Waals surface area (Å²) in [5, 5.41) is 13.1. The van der Waals surface area contributed by atoms with Crippen molar-refractivity contribution in [1.29, 1.82) is 0 Å². The number of carbonyl (C=O) groups is 1. The third-order valence-electron chi connectivity index (χ3n) is 3.21. The largest absolute Gasteiger partial charge is 0.486 e. The molecule has 1 aliphatic rings. The second-order valence-corrected chi connectivity index (χ2v) is 4.88. The van der Waals surface area contributed by atoms with Crippen molar-refractivity contribution in [3.8, 4) is 22.8 Å². The van der Waals surface area contributed by atoms with Gasteiger partial charge in [0.1, 0.15) is 18.9 Å². The average molecular weight is 310 g/mol. The first-order valence-electron chi connectivity index (χ1n) is 6.43. The standard InChI is InChI=1S/C14H12ClNO5/c1-2-7-12(9-6-11(14(17)18)21-16-9)8(15)5-10-13(7)20-4-3-19-10/h5-6H,2-4H2,1H3,(H,17,18). The fraction of sp³-hybridized carbons (Fsp3) is 0.286. The lowest BCUT2D eigenvalue weighted by Crippen LogP contribution is -2.17. The lowest BCUT2D eigenvalue weighted by atomic mass is 10.00. The molecule has 0 unspecified atom stereocenters. The molecule has 6 nitrogen and oxygen atoms in total. The minimum absolute atomic E-state index is 0.238. The number of carboxylic acid groups (broad SMARTS) is 1. The van der Waals surface area contributed by atoms with Crippen LogP contribution >= 0.6 is 11.6 Å². The van der Waals surface area contributed by atoms with Crippen LogP contribution in [-0.2, 0) is 6.42 Å². The van der Waals surface area contributed by atoms with Crippen LogP contribution in [0.1, 0.15) is 23.0 Å². The van der Waals surface area contributed by atoms with Gasteiger partial charge in [0.15, 0.2) is 11.5 Å². The number of hydrogen-bond acceptors (Lipinski definition) is 5. The molecule has 0 radical (unpaired) electrons. The van der Waals surface area contributed by atoms with Gasteiger partial charge >= 0.3 is 5.97 Å². The second kappa shape index (κ2) is 5.29. The molecule has 1 N–H and O–H groups in total. The van der Waals surface area contributed by atoms with E-state index in [0.717, 1.165) is 5.56 Å². The third kappa shape index (κ3) is 2.31. The quantitative estimate of drug-likeness (QED) is 0.938. The molecular formula is C14H12ClNO5. The Morgan fingerprint density at radius 3 is 2.81 bits per heavy atom. The van der Waals surface area contributed by atoms with E-state index in [9.17, 15) is 4.79 Å². The second-order valence-electron chi connectivity index (χ2n) is 4.47. The molecule has 0 bridgehead atoms. The number of halogens is 1. The monoisotopic (exact) mass is 309 g/mol. The molecule has 3 rings (SSSR count).